The van der Waals surface area contributed by atoms with Crippen LogP contribution in [0.3, 0.4) is 0 Å². The van der Waals surface area contributed by atoms with Crippen LogP contribution in [0.5, 0.6) is 0 Å². The van der Waals surface area contributed by atoms with E-state index in [9.17, 15) is 65.8 Å². The molecule has 0 radical (unpaired) electrons. The molecule has 6 N–H and O–H groups in total. The molecule has 0 amide bonds. The van der Waals surface area contributed by atoms with Gasteiger partial charge in [0, 0.05) is 19.3 Å². The number of rotatable bonds is 36. The van der Waals surface area contributed by atoms with Gasteiger partial charge in [-0.15, -0.1) is 0 Å². The van der Waals surface area contributed by atoms with Gasteiger partial charge in [0.05, 0.1) is 0 Å². The summed E-state index contributed by atoms with van der Waals surface area (Å²) in [6.45, 7) is 24.2. The monoisotopic (exact) mass is 1390 g/mol. The van der Waals surface area contributed by atoms with E-state index in [1.165, 1.54) is 33.4 Å². The first kappa shape index (κ1) is 97.6. The first-order valence-electron chi connectivity index (χ1n) is 26.6. The summed E-state index contributed by atoms with van der Waals surface area (Å²) < 4.78 is 161. The molecule has 18 nitrogen and oxygen atoms in total. The van der Waals surface area contributed by atoms with Crippen molar-refractivity contribution >= 4 is 53.1 Å². The van der Waals surface area contributed by atoms with Gasteiger partial charge in [-0.2, -0.15) is 0 Å². The Morgan fingerprint density at radius 1 is 0.333 bits per heavy atom. The molecule has 0 saturated heterocycles. The summed E-state index contributed by atoms with van der Waals surface area (Å²) in [4.78, 5) is 53.2. The van der Waals surface area contributed by atoms with Crippen LogP contribution in [0.2, 0.25) is 0 Å². The van der Waals surface area contributed by atoms with Crippen LogP contribution >= 0.6 is 22.8 Å². The first-order valence-corrected chi connectivity index (χ1v) is 35.6. The van der Waals surface area contributed by atoms with Gasteiger partial charge in [-0.3, -0.25) is 13.7 Å². The molecular weight excluding hydrogens is 1300 g/mol. The molecule has 0 aromatic rings. The Morgan fingerprint density at radius 3 is 0.607 bits per heavy atom. The maximum atomic E-state index is 14.1. The van der Waals surface area contributed by atoms with Crippen molar-refractivity contribution in [3.8, 4) is 0 Å². The number of allylic oxidation sites excluding steroid dienone is 18. The van der Waals surface area contributed by atoms with Gasteiger partial charge >= 0.3 is 177 Å². The van der Waals surface area contributed by atoms with Crippen LogP contribution in [0.15, 0.2) is 105 Å². The smallest absolute Gasteiger partial charge is 0.745 e. The van der Waals surface area contributed by atoms with E-state index in [1.54, 1.807) is 18.2 Å². The zero-order valence-corrected chi connectivity index (χ0v) is 66.8. The third-order valence-corrected chi connectivity index (χ3v) is 22.7. The average Bonchev–Trinajstić information content (AvgIpc) is 3.28. The van der Waals surface area contributed by atoms with E-state index in [2.05, 4.69) is 98.8 Å². The van der Waals surface area contributed by atoms with Gasteiger partial charge in [0.15, 0.2) is 0 Å². The van der Waals surface area contributed by atoms with Gasteiger partial charge in [0.25, 0.3) is 14.2 Å². The van der Waals surface area contributed by atoms with Crippen LogP contribution in [0.1, 0.15) is 218 Å². The molecule has 0 aliphatic rings. The first-order chi connectivity index (χ1) is 36.6. The molecule has 474 valence electrons. The minimum Gasteiger partial charge on any atom is -0.745 e. The van der Waals surface area contributed by atoms with E-state index < -0.39 is 86.6 Å². The normalized spacial score (nSPS) is 15.6. The van der Waals surface area contributed by atoms with E-state index in [-0.39, 0.29) is 193 Å². The van der Waals surface area contributed by atoms with Gasteiger partial charge < -0.3 is 43.0 Å². The Bertz CT molecular complexity index is 2460. The van der Waals surface area contributed by atoms with Gasteiger partial charge in [-0.25, -0.2) is 38.4 Å². The van der Waals surface area contributed by atoms with Crippen molar-refractivity contribution < 1.29 is 249 Å². The molecule has 3 unspecified atom stereocenters. The fraction of sp³-hybridized carbons (Fsp3) is 0.667. The van der Waals surface area contributed by atoms with Gasteiger partial charge in [-0.1, -0.05) is 105 Å². The summed E-state index contributed by atoms with van der Waals surface area (Å²) >= 11 is 0. The largest absolute Gasteiger partial charge is 1.00 e. The Balaban J connectivity index is -0.000000267. The molecule has 0 rings (SSSR count). The minimum absolute atomic E-state index is 0. The number of hydrogen-bond acceptors (Lipinski definition) is 12. The summed E-state index contributed by atoms with van der Waals surface area (Å²) in [5, 5.41) is 0. The van der Waals surface area contributed by atoms with Crippen LogP contribution in [-0.4, -0.2) is 82.5 Å². The van der Waals surface area contributed by atoms with E-state index in [0.717, 1.165) is 93.8 Å². The summed E-state index contributed by atoms with van der Waals surface area (Å²) in [5.74, 6) is 0. The van der Waals surface area contributed by atoms with Crippen molar-refractivity contribution in [3.63, 3.8) is 0 Å². The van der Waals surface area contributed by atoms with Gasteiger partial charge in [-0.05, 0) is 199 Å². The SMILES string of the molecule is CC(C)=CCC/C(C)=C/CC/C(C)=C/CCCC(F)(P(=O)(O)O)S(=O)(=O)[O-].CC(C)=CCC/C(C)=C/CC/C(C)=C/CCCC(F)(P(=O)(O)O)S(=O)(=O)[O-].CC(C)=CCC/C(C)=C/CC/C(C)=C/CCCC(F)(P(=O)(O)O)S(=O)(=O)[O-].[K+].[K+].[K+]. The second kappa shape index (κ2) is 47.4. The van der Waals surface area contributed by atoms with Gasteiger partial charge in [0.1, 0.15) is 30.4 Å². The topological polar surface area (TPSA) is 344 Å². The molecule has 0 fully saturated rings. The molecular formula is C54H93F3K3O18P3S3. The van der Waals surface area contributed by atoms with Crippen molar-refractivity contribution in [2.24, 2.45) is 0 Å². The molecule has 0 spiro atoms. The van der Waals surface area contributed by atoms with E-state index >= 15 is 0 Å². The average molecular weight is 1390 g/mol. The minimum atomic E-state index is -5.77. The fourth-order valence-electron chi connectivity index (χ4n) is 7.27. The fourth-order valence-corrected chi connectivity index (χ4v) is 13.3. The Kier molecular flexibility index (Phi) is 55.1. The maximum Gasteiger partial charge on any atom is 1.00 e. The Labute approximate surface area is 629 Å². The van der Waals surface area contributed by atoms with Crippen LogP contribution in [0.25, 0.3) is 0 Å². The third-order valence-electron chi connectivity index (χ3n) is 12.4. The third kappa shape index (κ3) is 43.4. The zero-order valence-electron chi connectivity index (χ0n) is 52.3. The number of alkyl halides is 3. The van der Waals surface area contributed by atoms with Crippen molar-refractivity contribution in [1.82, 2.24) is 0 Å². The predicted molar refractivity (Wildman–Crippen MR) is 315 cm³/mol. The van der Waals surface area contributed by atoms with E-state index in [4.69, 9.17) is 29.4 Å². The van der Waals surface area contributed by atoms with Crippen LogP contribution in [0.4, 0.5) is 13.2 Å². The summed E-state index contributed by atoms with van der Waals surface area (Å²) in [5.41, 5.74) is 10.8. The van der Waals surface area contributed by atoms with Crippen LogP contribution in [-0.2, 0) is 44.0 Å². The van der Waals surface area contributed by atoms with E-state index in [0.29, 0.717) is 0 Å². The Hall–Kier alpha value is 2.54. The molecule has 0 saturated carbocycles. The standard InChI is InChI=1S/3C18H32FO6PS.3K/c3*1-15(2)9-7-11-17(4)13-8-12-16(3)10-5-6-14-18(19,26(20,21)22)27(23,24)25;;;/h3*9-10,13H,5-8,11-12,14H2,1-4H3,(H2,20,21,22)(H,23,24,25);;;/q;;;3*+1/p-3/b3*16-10+,17-13+;;;. The van der Waals surface area contributed by atoms with Gasteiger partial charge in [0.2, 0.25) is 0 Å². The summed E-state index contributed by atoms with van der Waals surface area (Å²) in [6.07, 6.45) is 26.3. The number of unbranched alkanes of at least 4 members (excludes halogenated alkanes) is 3. The van der Waals surface area contributed by atoms with E-state index in [1.807, 2.05) is 20.8 Å². The molecule has 0 aromatic heterocycles. The van der Waals surface area contributed by atoms with Crippen LogP contribution < -0.4 is 154 Å². The molecule has 0 aromatic carbocycles. The second-order valence-corrected chi connectivity index (χ2v) is 32.1. The van der Waals surface area contributed by atoms with Crippen molar-refractivity contribution in [3.05, 3.63) is 105 Å². The summed E-state index contributed by atoms with van der Waals surface area (Å²) in [7, 11) is -34.5. The van der Waals surface area contributed by atoms with Crippen LogP contribution in [0, 0.1) is 0 Å². The number of halogens is 3. The zero-order chi connectivity index (χ0) is 63.9. The molecule has 30 heteroatoms. The predicted octanol–water partition coefficient (Wildman–Crippen LogP) is 5.78. The van der Waals surface area contributed by atoms with Crippen molar-refractivity contribution in [2.75, 3.05) is 0 Å². The molecule has 0 bridgehead atoms. The molecule has 0 heterocycles. The molecule has 3 atom stereocenters. The number of hydrogen-bond donors (Lipinski definition) is 6. The quantitative estimate of drug-likeness (QED) is 0.0142. The molecule has 0 aliphatic carbocycles. The maximum absolute atomic E-state index is 14.1. The second-order valence-electron chi connectivity index (χ2n) is 21.1. The van der Waals surface area contributed by atoms with Crippen molar-refractivity contribution in [1.29, 1.82) is 0 Å². The summed E-state index contributed by atoms with van der Waals surface area (Å²) in [6, 6.07) is 0. The molecule has 0 aliphatic heterocycles. The molecule has 84 heavy (non-hydrogen) atoms. The van der Waals surface area contributed by atoms with Crippen molar-refractivity contribution in [2.45, 2.75) is 232 Å². The Morgan fingerprint density at radius 2 is 0.476 bits per heavy atom.